The Labute approximate surface area is 163 Å². The number of carboxylic acid groups (broad SMARTS) is 1. The molecule has 1 unspecified atom stereocenters. The smallest absolute Gasteiger partial charge is 0.303 e. The number of carboxylic acids is 1. The van der Waals surface area contributed by atoms with Gasteiger partial charge in [-0.1, -0.05) is 37.3 Å². The number of rotatable bonds is 4. The second-order valence-corrected chi connectivity index (χ2v) is 7.60. The van der Waals surface area contributed by atoms with Crippen LogP contribution in [0.4, 0.5) is 0 Å². The molecule has 0 aliphatic rings. The van der Waals surface area contributed by atoms with Gasteiger partial charge in [0.05, 0.1) is 16.6 Å². The number of nitrogens with one attached hydrogen (secondary N) is 2. The van der Waals surface area contributed by atoms with Gasteiger partial charge in [0.15, 0.2) is 0 Å². The first kappa shape index (κ1) is 19.6. The van der Waals surface area contributed by atoms with Crippen LogP contribution in [0.15, 0.2) is 70.5 Å². The minimum atomic E-state index is -1.13. The lowest BCUT2D eigenvalue weighted by Crippen LogP contribution is -2.06. The van der Waals surface area contributed by atoms with Crippen molar-refractivity contribution in [3.8, 4) is 0 Å². The Balaban J connectivity index is 0.000000403. The number of hydrogen-bond acceptors (Lipinski definition) is 3. The molecule has 3 N–H and O–H groups in total. The third-order valence-corrected chi connectivity index (χ3v) is 5.58. The molecular weight excluding hydrogens is 376 g/mol. The molecule has 0 aliphatic heterocycles. The Morgan fingerprint density at radius 1 is 1.07 bits per heavy atom. The maximum absolute atomic E-state index is 12.6. The summed E-state index contributed by atoms with van der Waals surface area (Å²) in [6.45, 7) is 1.60. The van der Waals surface area contributed by atoms with E-state index in [4.69, 9.17) is 5.11 Å². The summed E-state index contributed by atoms with van der Waals surface area (Å²) in [4.78, 5) is 27.9. The van der Waals surface area contributed by atoms with Gasteiger partial charge in [0, 0.05) is 33.8 Å². The molecule has 2 aromatic carbocycles. The standard InChI is InChI=1S/C18H14N2O2S.C3H6O2/c21-18-17-14(8-9-19-17)15-10-13(6-7-16(15)20-18)23(22)11-12-4-2-1-3-5-12;1-2-3(4)5/h1-10,19H,11H2,(H,20,21);2H2,1H3,(H,4,5). The van der Waals surface area contributed by atoms with E-state index in [2.05, 4.69) is 9.97 Å². The van der Waals surface area contributed by atoms with Crippen molar-refractivity contribution in [2.24, 2.45) is 0 Å². The quantitative estimate of drug-likeness (QED) is 0.488. The van der Waals surface area contributed by atoms with Crippen molar-refractivity contribution in [1.82, 2.24) is 9.97 Å². The van der Waals surface area contributed by atoms with Crippen LogP contribution < -0.4 is 5.56 Å². The topological polar surface area (TPSA) is 103 Å². The first-order valence-corrected chi connectivity index (χ1v) is 10.1. The van der Waals surface area contributed by atoms with Crippen molar-refractivity contribution in [2.75, 3.05) is 0 Å². The van der Waals surface area contributed by atoms with Gasteiger partial charge in [0.2, 0.25) is 0 Å². The van der Waals surface area contributed by atoms with Crippen molar-refractivity contribution < 1.29 is 14.1 Å². The number of fused-ring (bicyclic) bond motifs is 3. The van der Waals surface area contributed by atoms with E-state index in [0.717, 1.165) is 26.7 Å². The molecule has 4 rings (SSSR count). The first-order chi connectivity index (χ1) is 13.5. The molecule has 0 fully saturated rings. The van der Waals surface area contributed by atoms with E-state index in [1.54, 1.807) is 13.1 Å². The van der Waals surface area contributed by atoms with Crippen LogP contribution in [0.25, 0.3) is 21.8 Å². The lowest BCUT2D eigenvalue weighted by atomic mass is 10.1. The molecule has 0 saturated carbocycles. The summed E-state index contributed by atoms with van der Waals surface area (Å²) in [5.41, 5.74) is 2.20. The van der Waals surface area contributed by atoms with Gasteiger partial charge in [0.25, 0.3) is 5.56 Å². The number of benzene rings is 2. The van der Waals surface area contributed by atoms with E-state index in [9.17, 15) is 13.8 Å². The largest absolute Gasteiger partial charge is 0.481 e. The van der Waals surface area contributed by atoms with Crippen LogP contribution in [-0.2, 0) is 21.3 Å². The molecule has 0 bridgehead atoms. The highest BCUT2D eigenvalue weighted by Gasteiger charge is 2.10. The number of aliphatic carboxylic acids is 1. The average molecular weight is 396 g/mol. The van der Waals surface area contributed by atoms with E-state index < -0.39 is 16.8 Å². The maximum Gasteiger partial charge on any atom is 0.303 e. The molecule has 0 amide bonds. The molecule has 7 heteroatoms. The first-order valence-electron chi connectivity index (χ1n) is 8.76. The number of hydrogen-bond donors (Lipinski definition) is 3. The number of aromatic nitrogens is 2. The molecule has 1 atom stereocenters. The number of H-pyrrole nitrogens is 2. The van der Waals surface area contributed by atoms with Gasteiger partial charge < -0.3 is 15.1 Å². The summed E-state index contributed by atoms with van der Waals surface area (Å²) < 4.78 is 12.6. The van der Waals surface area contributed by atoms with Gasteiger partial charge in [-0.2, -0.15) is 0 Å². The minimum absolute atomic E-state index is 0.143. The predicted octanol–water partition coefficient (Wildman–Crippen LogP) is 3.80. The SMILES string of the molecule is CCC(=O)O.O=c1[nH]c2ccc(S(=O)Cc3ccccc3)cc2c2cc[nH]c12. The molecule has 2 heterocycles. The zero-order valence-electron chi connectivity index (χ0n) is 15.3. The highest BCUT2D eigenvalue weighted by Crippen LogP contribution is 2.24. The minimum Gasteiger partial charge on any atom is -0.481 e. The summed E-state index contributed by atoms with van der Waals surface area (Å²) in [5, 5.41) is 9.47. The number of carbonyl (C=O) groups is 1. The highest BCUT2D eigenvalue weighted by atomic mass is 32.2. The monoisotopic (exact) mass is 396 g/mol. The highest BCUT2D eigenvalue weighted by molar-refractivity contribution is 7.84. The summed E-state index contributed by atoms with van der Waals surface area (Å²) >= 11 is 0. The normalized spacial score (nSPS) is 11.8. The molecule has 4 aromatic rings. The molecule has 6 nitrogen and oxygen atoms in total. The van der Waals surface area contributed by atoms with Gasteiger partial charge >= 0.3 is 5.97 Å². The Kier molecular flexibility index (Phi) is 6.06. The van der Waals surface area contributed by atoms with Crippen LogP contribution >= 0.6 is 0 Å². The summed E-state index contributed by atoms with van der Waals surface area (Å²) in [6.07, 6.45) is 1.97. The Morgan fingerprint density at radius 3 is 2.46 bits per heavy atom. The van der Waals surface area contributed by atoms with Crippen molar-refractivity contribution in [1.29, 1.82) is 0 Å². The zero-order chi connectivity index (χ0) is 20.1. The van der Waals surface area contributed by atoms with E-state index in [-0.39, 0.29) is 12.0 Å². The third-order valence-electron chi connectivity index (χ3n) is 4.21. The van der Waals surface area contributed by atoms with E-state index in [1.165, 1.54) is 0 Å². The van der Waals surface area contributed by atoms with Gasteiger partial charge in [-0.15, -0.1) is 0 Å². The molecule has 28 heavy (non-hydrogen) atoms. The molecule has 0 spiro atoms. The molecule has 2 aromatic heterocycles. The fourth-order valence-electron chi connectivity index (χ4n) is 2.77. The van der Waals surface area contributed by atoms with Gasteiger partial charge in [-0.3, -0.25) is 13.8 Å². The molecule has 0 saturated heterocycles. The van der Waals surface area contributed by atoms with Crippen LogP contribution in [0, 0.1) is 0 Å². The van der Waals surface area contributed by atoms with Crippen LogP contribution in [0.1, 0.15) is 18.9 Å². The molecule has 0 aliphatic carbocycles. The van der Waals surface area contributed by atoms with Crippen molar-refractivity contribution in [3.05, 3.63) is 76.7 Å². The summed E-state index contributed by atoms with van der Waals surface area (Å²) in [5.74, 6) is -0.267. The van der Waals surface area contributed by atoms with Crippen molar-refractivity contribution in [3.63, 3.8) is 0 Å². The van der Waals surface area contributed by atoms with E-state index in [0.29, 0.717) is 11.3 Å². The summed E-state index contributed by atoms with van der Waals surface area (Å²) in [6, 6.07) is 17.2. The third kappa shape index (κ3) is 4.37. The number of aromatic amines is 2. The number of pyridine rings is 1. The average Bonchev–Trinajstić information content (AvgIpc) is 3.20. The lowest BCUT2D eigenvalue weighted by molar-refractivity contribution is -0.136. The van der Waals surface area contributed by atoms with Crippen LogP contribution in [0.2, 0.25) is 0 Å². The summed E-state index contributed by atoms with van der Waals surface area (Å²) in [7, 11) is -1.13. The Morgan fingerprint density at radius 2 is 1.79 bits per heavy atom. The van der Waals surface area contributed by atoms with Gasteiger partial charge in [-0.25, -0.2) is 0 Å². The second-order valence-electron chi connectivity index (χ2n) is 6.15. The molecule has 0 radical (unpaired) electrons. The van der Waals surface area contributed by atoms with Crippen LogP contribution in [0.3, 0.4) is 0 Å². The fraction of sp³-hybridized carbons (Fsp3) is 0.143. The van der Waals surface area contributed by atoms with E-state index in [1.807, 2.05) is 54.6 Å². The Hall–Kier alpha value is -3.19. The lowest BCUT2D eigenvalue weighted by Gasteiger charge is -2.05. The zero-order valence-corrected chi connectivity index (χ0v) is 16.1. The molecule has 144 valence electrons. The predicted molar refractivity (Wildman–Crippen MR) is 111 cm³/mol. The molecular formula is C21H20N2O4S. The van der Waals surface area contributed by atoms with Gasteiger partial charge in [-0.05, 0) is 29.8 Å². The van der Waals surface area contributed by atoms with Gasteiger partial charge in [0.1, 0.15) is 5.52 Å². The van der Waals surface area contributed by atoms with E-state index >= 15 is 0 Å². The van der Waals surface area contributed by atoms with Crippen LogP contribution in [0.5, 0.6) is 0 Å². The Bertz CT molecular complexity index is 1200. The maximum atomic E-state index is 12.6. The second kappa shape index (κ2) is 8.67. The van der Waals surface area contributed by atoms with Crippen molar-refractivity contribution >= 4 is 38.6 Å². The van der Waals surface area contributed by atoms with Crippen LogP contribution in [-0.4, -0.2) is 25.3 Å². The van der Waals surface area contributed by atoms with Crippen molar-refractivity contribution in [2.45, 2.75) is 24.0 Å². The fourth-order valence-corrected chi connectivity index (χ4v) is 3.90.